The SMILES string of the molecule is COSC1(c2cc[c]cc2)CNC1. The summed E-state index contributed by atoms with van der Waals surface area (Å²) in [6, 6.07) is 11.1. The van der Waals surface area contributed by atoms with Crippen molar-refractivity contribution in [3.05, 3.63) is 35.9 Å². The highest BCUT2D eigenvalue weighted by Gasteiger charge is 2.40. The molecule has 1 aromatic carbocycles. The summed E-state index contributed by atoms with van der Waals surface area (Å²) in [5.41, 5.74) is 1.32. The van der Waals surface area contributed by atoms with Crippen LogP contribution in [0.3, 0.4) is 0 Å². The van der Waals surface area contributed by atoms with Crippen molar-refractivity contribution in [2.24, 2.45) is 0 Å². The van der Waals surface area contributed by atoms with Crippen LogP contribution in [0.1, 0.15) is 5.56 Å². The number of nitrogens with one attached hydrogen (secondary N) is 1. The first-order valence-corrected chi connectivity index (χ1v) is 5.01. The molecule has 1 radical (unpaired) electrons. The van der Waals surface area contributed by atoms with Gasteiger partial charge < -0.3 is 9.50 Å². The Morgan fingerprint density at radius 1 is 1.46 bits per heavy atom. The van der Waals surface area contributed by atoms with Gasteiger partial charge in [0.05, 0.1) is 11.9 Å². The van der Waals surface area contributed by atoms with Crippen molar-refractivity contribution in [1.29, 1.82) is 0 Å². The van der Waals surface area contributed by atoms with E-state index in [0.717, 1.165) is 13.1 Å². The zero-order valence-electron chi connectivity index (χ0n) is 7.54. The first kappa shape index (κ1) is 9.06. The third-order valence-corrected chi connectivity index (χ3v) is 3.32. The Hall–Kier alpha value is -0.510. The molecule has 2 rings (SSSR count). The van der Waals surface area contributed by atoms with Crippen molar-refractivity contribution < 1.29 is 4.18 Å². The Bertz CT molecular complexity index is 272. The van der Waals surface area contributed by atoms with Gasteiger partial charge in [-0.1, -0.05) is 24.3 Å². The monoisotopic (exact) mass is 194 g/mol. The highest BCUT2D eigenvalue weighted by atomic mass is 32.2. The zero-order valence-corrected chi connectivity index (χ0v) is 8.36. The Kier molecular flexibility index (Phi) is 2.58. The van der Waals surface area contributed by atoms with Crippen LogP contribution in [0.5, 0.6) is 0 Å². The highest BCUT2D eigenvalue weighted by molar-refractivity contribution is 7.95. The molecule has 0 amide bonds. The molecule has 0 bridgehead atoms. The fraction of sp³-hybridized carbons (Fsp3) is 0.400. The molecule has 13 heavy (non-hydrogen) atoms. The molecule has 1 fully saturated rings. The molecule has 0 unspecified atom stereocenters. The molecule has 0 spiro atoms. The predicted molar refractivity (Wildman–Crippen MR) is 54.4 cm³/mol. The third-order valence-electron chi connectivity index (χ3n) is 2.31. The topological polar surface area (TPSA) is 21.3 Å². The van der Waals surface area contributed by atoms with Crippen LogP contribution in [0.15, 0.2) is 24.3 Å². The van der Waals surface area contributed by atoms with Gasteiger partial charge in [-0.05, 0) is 11.6 Å². The molecule has 1 aliphatic heterocycles. The Morgan fingerprint density at radius 3 is 2.62 bits per heavy atom. The van der Waals surface area contributed by atoms with Crippen LogP contribution >= 0.6 is 12.0 Å². The van der Waals surface area contributed by atoms with Gasteiger partial charge in [0.15, 0.2) is 0 Å². The van der Waals surface area contributed by atoms with E-state index in [4.69, 9.17) is 4.18 Å². The van der Waals surface area contributed by atoms with Crippen LogP contribution < -0.4 is 5.32 Å². The predicted octanol–water partition coefficient (Wildman–Crippen LogP) is 1.58. The second-order valence-electron chi connectivity index (χ2n) is 3.14. The lowest BCUT2D eigenvalue weighted by atomic mass is 9.93. The van der Waals surface area contributed by atoms with E-state index in [1.165, 1.54) is 5.56 Å². The van der Waals surface area contributed by atoms with Crippen molar-refractivity contribution in [2.45, 2.75) is 4.75 Å². The lowest BCUT2D eigenvalue weighted by Crippen LogP contribution is -2.54. The Morgan fingerprint density at radius 2 is 2.15 bits per heavy atom. The van der Waals surface area contributed by atoms with Gasteiger partial charge in [0, 0.05) is 25.1 Å². The largest absolute Gasteiger partial charge is 0.318 e. The molecular formula is C10H12NOS. The molecule has 69 valence electrons. The minimum atomic E-state index is 0.129. The quantitative estimate of drug-likeness (QED) is 0.738. The molecule has 0 aromatic heterocycles. The molecule has 0 aliphatic carbocycles. The van der Waals surface area contributed by atoms with E-state index in [9.17, 15) is 0 Å². The molecule has 1 saturated heterocycles. The Labute approximate surface area is 82.9 Å². The maximum atomic E-state index is 5.17. The van der Waals surface area contributed by atoms with Gasteiger partial charge >= 0.3 is 0 Å². The van der Waals surface area contributed by atoms with E-state index in [1.54, 1.807) is 19.2 Å². The van der Waals surface area contributed by atoms with Crippen molar-refractivity contribution in [3.63, 3.8) is 0 Å². The lowest BCUT2D eigenvalue weighted by Gasteiger charge is -2.41. The summed E-state index contributed by atoms with van der Waals surface area (Å²) in [5, 5.41) is 3.27. The second-order valence-corrected chi connectivity index (χ2v) is 4.42. The first-order chi connectivity index (χ1) is 6.37. The summed E-state index contributed by atoms with van der Waals surface area (Å²) in [4.78, 5) is 0. The minimum Gasteiger partial charge on any atom is -0.318 e. The van der Waals surface area contributed by atoms with E-state index >= 15 is 0 Å². The van der Waals surface area contributed by atoms with Crippen molar-refractivity contribution in [1.82, 2.24) is 5.32 Å². The van der Waals surface area contributed by atoms with Crippen LogP contribution in [-0.4, -0.2) is 20.2 Å². The smallest absolute Gasteiger partial charge is 0.0918 e. The average molecular weight is 194 g/mol. The van der Waals surface area contributed by atoms with Gasteiger partial charge in [0.1, 0.15) is 0 Å². The van der Waals surface area contributed by atoms with Gasteiger partial charge in [-0.15, -0.1) is 0 Å². The second kappa shape index (κ2) is 3.70. The lowest BCUT2D eigenvalue weighted by molar-refractivity contribution is 0.370. The number of hydrogen-bond acceptors (Lipinski definition) is 3. The number of hydrogen-bond donors (Lipinski definition) is 1. The van der Waals surface area contributed by atoms with Gasteiger partial charge in [-0.3, -0.25) is 0 Å². The van der Waals surface area contributed by atoms with Crippen LogP contribution in [-0.2, 0) is 8.93 Å². The molecule has 1 N–H and O–H groups in total. The fourth-order valence-electron chi connectivity index (χ4n) is 1.51. The van der Waals surface area contributed by atoms with Crippen molar-refractivity contribution in [2.75, 3.05) is 20.2 Å². The fourth-order valence-corrected chi connectivity index (χ4v) is 2.39. The van der Waals surface area contributed by atoms with Crippen LogP contribution in [0.4, 0.5) is 0 Å². The van der Waals surface area contributed by atoms with E-state index in [0.29, 0.717) is 0 Å². The molecule has 0 saturated carbocycles. The first-order valence-electron chi connectivity index (χ1n) is 4.26. The maximum absolute atomic E-state index is 5.17. The highest BCUT2D eigenvalue weighted by Crippen LogP contribution is 2.39. The summed E-state index contributed by atoms with van der Waals surface area (Å²) in [6.07, 6.45) is 0. The normalized spacial score (nSPS) is 19.5. The summed E-state index contributed by atoms with van der Waals surface area (Å²) in [6.45, 7) is 1.96. The van der Waals surface area contributed by atoms with E-state index in [2.05, 4.69) is 23.5 Å². The van der Waals surface area contributed by atoms with Gasteiger partial charge in [-0.25, -0.2) is 0 Å². The molecule has 1 aliphatic rings. The van der Waals surface area contributed by atoms with Crippen LogP contribution in [0.2, 0.25) is 0 Å². The van der Waals surface area contributed by atoms with E-state index in [-0.39, 0.29) is 4.75 Å². The Balaban J connectivity index is 2.22. The molecular weight excluding hydrogens is 182 g/mol. The number of rotatable bonds is 3. The van der Waals surface area contributed by atoms with Gasteiger partial charge in [0.2, 0.25) is 0 Å². The third kappa shape index (κ3) is 1.59. The summed E-state index contributed by atoms with van der Waals surface area (Å²) < 4.78 is 5.30. The summed E-state index contributed by atoms with van der Waals surface area (Å²) in [5.74, 6) is 0. The van der Waals surface area contributed by atoms with Crippen molar-refractivity contribution in [3.8, 4) is 0 Å². The molecule has 2 nitrogen and oxygen atoms in total. The summed E-state index contributed by atoms with van der Waals surface area (Å²) in [7, 11) is 1.72. The molecule has 1 aromatic rings. The van der Waals surface area contributed by atoms with E-state index < -0.39 is 0 Å². The molecule has 0 atom stereocenters. The number of benzene rings is 1. The zero-order chi connectivity index (χ0) is 9.15. The standard InChI is InChI=1S/C10H12NOS/c1-12-13-10(7-11-8-10)9-5-3-2-4-6-9/h3-6,11H,7-8H2,1H3. The summed E-state index contributed by atoms with van der Waals surface area (Å²) >= 11 is 1.54. The van der Waals surface area contributed by atoms with Crippen molar-refractivity contribution >= 4 is 12.0 Å². The minimum absolute atomic E-state index is 0.129. The van der Waals surface area contributed by atoms with Crippen LogP contribution in [0.25, 0.3) is 0 Å². The molecule has 3 heteroatoms. The molecule has 1 heterocycles. The van der Waals surface area contributed by atoms with Gasteiger partial charge in [-0.2, -0.15) is 0 Å². The average Bonchev–Trinajstić information content (AvgIpc) is 2.13. The maximum Gasteiger partial charge on any atom is 0.0918 e. The van der Waals surface area contributed by atoms with E-state index in [1.807, 2.05) is 12.1 Å². The van der Waals surface area contributed by atoms with Gasteiger partial charge in [0.25, 0.3) is 0 Å². The van der Waals surface area contributed by atoms with Crippen LogP contribution in [0, 0.1) is 6.07 Å².